The minimum absolute atomic E-state index is 0.699. The van der Waals surface area contributed by atoms with Crippen LogP contribution in [0.1, 0.15) is 5.69 Å². The van der Waals surface area contributed by atoms with Crippen LogP contribution in [-0.2, 0) is 0 Å². The maximum atomic E-state index is 4.37. The molecule has 0 saturated carbocycles. The molecule has 0 fully saturated rings. The predicted molar refractivity (Wildman–Crippen MR) is 28.6 cm³/mol. The Labute approximate surface area is 46.8 Å². The van der Waals surface area contributed by atoms with Crippen LogP contribution in [0, 0.1) is 6.92 Å². The van der Waals surface area contributed by atoms with Crippen molar-refractivity contribution in [2.75, 3.05) is 12.4 Å². The van der Waals surface area contributed by atoms with Gasteiger partial charge in [0.2, 0.25) is 0 Å². The second kappa shape index (κ2) is 1.81. The zero-order valence-electron chi connectivity index (χ0n) is 4.80. The van der Waals surface area contributed by atoms with Gasteiger partial charge in [-0.25, -0.2) is 4.63 Å². The molecule has 0 aliphatic heterocycles. The highest BCUT2D eigenvalue weighted by Crippen LogP contribution is 2.03. The number of nitrogens with one attached hydrogen (secondary N) is 1. The van der Waals surface area contributed by atoms with Crippen molar-refractivity contribution in [1.82, 2.24) is 10.3 Å². The quantitative estimate of drug-likeness (QED) is 0.573. The highest BCUT2D eigenvalue weighted by molar-refractivity contribution is 5.35. The van der Waals surface area contributed by atoms with Gasteiger partial charge in [-0.05, 0) is 12.1 Å². The minimum atomic E-state index is 0.699. The molecule has 1 rings (SSSR count). The van der Waals surface area contributed by atoms with Gasteiger partial charge in [-0.3, -0.25) is 0 Å². The Morgan fingerprint density at radius 1 is 1.50 bits per heavy atom. The van der Waals surface area contributed by atoms with Gasteiger partial charge in [-0.1, -0.05) is 5.16 Å². The summed E-state index contributed by atoms with van der Waals surface area (Å²) < 4.78 is 4.37. The highest BCUT2D eigenvalue weighted by atomic mass is 16.6. The van der Waals surface area contributed by atoms with Crippen molar-refractivity contribution in [3.63, 3.8) is 0 Å². The fourth-order valence-electron chi connectivity index (χ4n) is 0.458. The van der Waals surface area contributed by atoms with E-state index >= 15 is 0 Å². The Balaban J connectivity index is 2.92. The molecule has 1 aromatic heterocycles. The van der Waals surface area contributed by atoms with E-state index in [-0.39, 0.29) is 0 Å². The van der Waals surface area contributed by atoms with Crippen LogP contribution in [0.2, 0.25) is 0 Å². The summed E-state index contributed by atoms with van der Waals surface area (Å²) in [5.74, 6) is 0.699. The third-order valence-corrected chi connectivity index (χ3v) is 0.889. The molecule has 1 heterocycles. The van der Waals surface area contributed by atoms with Crippen LogP contribution in [0.25, 0.3) is 0 Å². The van der Waals surface area contributed by atoms with Crippen LogP contribution in [0.3, 0.4) is 0 Å². The molecule has 0 radical (unpaired) electrons. The van der Waals surface area contributed by atoms with E-state index < -0.39 is 0 Å². The molecule has 1 N–H and O–H groups in total. The van der Waals surface area contributed by atoms with Gasteiger partial charge in [0.15, 0.2) is 5.82 Å². The molecule has 0 atom stereocenters. The molecule has 1 aromatic rings. The maximum Gasteiger partial charge on any atom is 0.193 e. The van der Waals surface area contributed by atoms with Crippen molar-refractivity contribution in [3.05, 3.63) is 5.69 Å². The maximum absolute atomic E-state index is 4.37. The predicted octanol–water partition coefficient (Wildman–Crippen LogP) is 0.420. The van der Waals surface area contributed by atoms with Gasteiger partial charge < -0.3 is 5.32 Å². The Kier molecular flexibility index (Phi) is 1.15. The van der Waals surface area contributed by atoms with Gasteiger partial charge in [-0.15, -0.1) is 0 Å². The normalized spacial score (nSPS) is 9.25. The van der Waals surface area contributed by atoms with Gasteiger partial charge in [0.1, 0.15) is 5.69 Å². The minimum Gasteiger partial charge on any atom is -0.369 e. The molecule has 44 valence electrons. The summed E-state index contributed by atoms with van der Waals surface area (Å²) in [4.78, 5) is 0. The molecular weight excluding hydrogens is 106 g/mol. The van der Waals surface area contributed by atoms with E-state index in [1.807, 2.05) is 6.92 Å². The number of hydrogen-bond donors (Lipinski definition) is 1. The van der Waals surface area contributed by atoms with Crippen LogP contribution < -0.4 is 5.32 Å². The molecule has 0 aliphatic carbocycles. The topological polar surface area (TPSA) is 51.0 Å². The largest absolute Gasteiger partial charge is 0.369 e. The van der Waals surface area contributed by atoms with E-state index in [2.05, 4.69) is 20.3 Å². The standard InChI is InChI=1S/C4H7N3O/c1-3-4(5-2)7-8-6-3/h1-2H3,(H,5,7). The first-order valence-corrected chi connectivity index (χ1v) is 2.31. The highest BCUT2D eigenvalue weighted by Gasteiger charge is 1.98. The average molecular weight is 113 g/mol. The summed E-state index contributed by atoms with van der Waals surface area (Å²) in [6.45, 7) is 1.82. The average Bonchev–Trinajstić information content (AvgIpc) is 2.14. The van der Waals surface area contributed by atoms with E-state index in [0.717, 1.165) is 5.69 Å². The van der Waals surface area contributed by atoms with Gasteiger partial charge in [0.05, 0.1) is 0 Å². The van der Waals surface area contributed by atoms with Crippen LogP contribution in [0.15, 0.2) is 4.63 Å². The lowest BCUT2D eigenvalue weighted by atomic mass is 10.5. The number of aryl methyl sites for hydroxylation is 1. The Morgan fingerprint density at radius 2 is 2.25 bits per heavy atom. The summed E-state index contributed by atoms with van der Waals surface area (Å²) in [5.41, 5.74) is 0.785. The lowest BCUT2D eigenvalue weighted by Gasteiger charge is -1.86. The number of anilines is 1. The van der Waals surface area contributed by atoms with Crippen LogP contribution >= 0.6 is 0 Å². The number of aromatic nitrogens is 2. The summed E-state index contributed by atoms with van der Waals surface area (Å²) in [7, 11) is 1.77. The zero-order valence-corrected chi connectivity index (χ0v) is 4.80. The van der Waals surface area contributed by atoms with E-state index in [1.54, 1.807) is 7.05 Å². The first-order chi connectivity index (χ1) is 3.84. The first-order valence-electron chi connectivity index (χ1n) is 2.31. The van der Waals surface area contributed by atoms with Gasteiger partial charge >= 0.3 is 0 Å². The third kappa shape index (κ3) is 0.641. The van der Waals surface area contributed by atoms with Crippen LogP contribution in [0.4, 0.5) is 5.82 Å². The second-order valence-corrected chi connectivity index (χ2v) is 1.45. The van der Waals surface area contributed by atoms with E-state index in [4.69, 9.17) is 0 Å². The lowest BCUT2D eigenvalue weighted by Crippen LogP contribution is -1.88. The van der Waals surface area contributed by atoms with E-state index in [9.17, 15) is 0 Å². The van der Waals surface area contributed by atoms with E-state index in [0.29, 0.717) is 5.82 Å². The Morgan fingerprint density at radius 3 is 2.50 bits per heavy atom. The molecule has 0 aromatic carbocycles. The first kappa shape index (κ1) is 5.08. The second-order valence-electron chi connectivity index (χ2n) is 1.45. The van der Waals surface area contributed by atoms with Crippen molar-refractivity contribution in [1.29, 1.82) is 0 Å². The van der Waals surface area contributed by atoms with Gasteiger partial charge in [0, 0.05) is 7.05 Å². The lowest BCUT2D eigenvalue weighted by molar-refractivity contribution is 0.306. The molecule has 0 unspecified atom stereocenters. The number of hydrogen-bond acceptors (Lipinski definition) is 4. The number of rotatable bonds is 1. The molecule has 0 saturated heterocycles. The van der Waals surface area contributed by atoms with Crippen molar-refractivity contribution in [2.24, 2.45) is 0 Å². The Hall–Kier alpha value is -1.06. The van der Waals surface area contributed by atoms with Crippen molar-refractivity contribution >= 4 is 5.82 Å². The fourth-order valence-corrected chi connectivity index (χ4v) is 0.458. The molecule has 8 heavy (non-hydrogen) atoms. The molecule has 0 amide bonds. The zero-order chi connectivity index (χ0) is 5.98. The van der Waals surface area contributed by atoms with Crippen molar-refractivity contribution < 1.29 is 4.63 Å². The molecule has 0 aliphatic rings. The third-order valence-electron chi connectivity index (χ3n) is 0.889. The van der Waals surface area contributed by atoms with Crippen molar-refractivity contribution in [2.45, 2.75) is 6.92 Å². The van der Waals surface area contributed by atoms with Crippen LogP contribution in [-0.4, -0.2) is 17.4 Å². The summed E-state index contributed by atoms with van der Waals surface area (Å²) >= 11 is 0. The molecule has 4 heteroatoms. The van der Waals surface area contributed by atoms with Crippen LogP contribution in [0.5, 0.6) is 0 Å². The molecule has 4 nitrogen and oxygen atoms in total. The smallest absolute Gasteiger partial charge is 0.193 e. The summed E-state index contributed by atoms with van der Waals surface area (Å²) in [5, 5.41) is 9.88. The summed E-state index contributed by atoms with van der Waals surface area (Å²) in [6, 6.07) is 0. The Bertz CT molecular complexity index is 172. The van der Waals surface area contributed by atoms with Gasteiger partial charge in [0.25, 0.3) is 0 Å². The molecule has 0 bridgehead atoms. The monoisotopic (exact) mass is 113 g/mol. The molecular formula is C4H7N3O. The number of nitrogens with zero attached hydrogens (tertiary/aromatic N) is 2. The SMILES string of the molecule is CNc1nonc1C. The van der Waals surface area contributed by atoms with E-state index in [1.165, 1.54) is 0 Å². The fraction of sp³-hybridized carbons (Fsp3) is 0.500. The van der Waals surface area contributed by atoms with Gasteiger partial charge in [-0.2, -0.15) is 0 Å². The summed E-state index contributed by atoms with van der Waals surface area (Å²) in [6.07, 6.45) is 0. The van der Waals surface area contributed by atoms with Crippen molar-refractivity contribution in [3.8, 4) is 0 Å². The molecule has 0 spiro atoms.